The maximum absolute atomic E-state index is 5.74. The van der Waals surface area contributed by atoms with E-state index in [1.807, 2.05) is 12.3 Å². The number of hydrogen-bond donors (Lipinski definition) is 0. The van der Waals surface area contributed by atoms with Crippen molar-refractivity contribution in [3.05, 3.63) is 29.6 Å². The topological polar surface area (TPSA) is 12.9 Å². The van der Waals surface area contributed by atoms with E-state index in [9.17, 15) is 0 Å². The van der Waals surface area contributed by atoms with E-state index in [2.05, 4.69) is 11.1 Å². The molecule has 0 aliphatic heterocycles. The third-order valence-electron chi connectivity index (χ3n) is 2.07. The Hall–Kier alpha value is -0.270. The first-order valence-corrected chi connectivity index (χ1v) is 4.45. The molecule has 1 aromatic rings. The van der Waals surface area contributed by atoms with Gasteiger partial charge in [-0.05, 0) is 30.4 Å². The second-order valence-corrected chi connectivity index (χ2v) is 3.21. The van der Waals surface area contributed by atoms with Gasteiger partial charge in [0.05, 0.1) is 11.6 Å². The molecule has 0 amide bonds. The molecule has 1 aromatic heterocycles. The SMILES string of the molecule is Cl.ClCc1ncccc1C1CC1. The number of nitrogens with zero attached hydrogens (tertiary/aromatic N) is 1. The quantitative estimate of drug-likeness (QED) is 0.674. The summed E-state index contributed by atoms with van der Waals surface area (Å²) >= 11 is 5.74. The number of rotatable bonds is 2. The van der Waals surface area contributed by atoms with E-state index in [0.29, 0.717) is 5.88 Å². The third-order valence-corrected chi connectivity index (χ3v) is 2.32. The molecular formula is C9H11Cl2N. The molecule has 0 spiro atoms. The third kappa shape index (κ3) is 1.90. The Bertz CT molecular complexity index is 258. The molecule has 2 rings (SSSR count). The normalized spacial score (nSPS) is 15.4. The number of halogens is 2. The Labute approximate surface area is 83.6 Å². The Balaban J connectivity index is 0.000000720. The summed E-state index contributed by atoms with van der Waals surface area (Å²) in [6.45, 7) is 0. The standard InChI is InChI=1S/C9H10ClN.ClH/c10-6-9-8(7-3-4-7)2-1-5-11-9;/h1-2,5,7H,3-4,6H2;1H. The molecule has 1 fully saturated rings. The van der Waals surface area contributed by atoms with Crippen molar-refractivity contribution < 1.29 is 0 Å². The summed E-state index contributed by atoms with van der Waals surface area (Å²) in [7, 11) is 0. The molecule has 0 bridgehead atoms. The van der Waals surface area contributed by atoms with Crippen LogP contribution in [0.15, 0.2) is 18.3 Å². The monoisotopic (exact) mass is 203 g/mol. The second kappa shape index (κ2) is 4.11. The summed E-state index contributed by atoms with van der Waals surface area (Å²) < 4.78 is 0. The molecule has 0 saturated heterocycles. The van der Waals surface area contributed by atoms with Crippen molar-refractivity contribution in [1.29, 1.82) is 0 Å². The fraction of sp³-hybridized carbons (Fsp3) is 0.444. The molecular weight excluding hydrogens is 193 g/mol. The van der Waals surface area contributed by atoms with Crippen LogP contribution in [0, 0.1) is 0 Å². The van der Waals surface area contributed by atoms with Crippen LogP contribution in [0.1, 0.15) is 30.0 Å². The Morgan fingerprint density at radius 1 is 1.50 bits per heavy atom. The zero-order valence-corrected chi connectivity index (χ0v) is 8.24. The van der Waals surface area contributed by atoms with Crippen LogP contribution in [-0.2, 0) is 5.88 Å². The van der Waals surface area contributed by atoms with Gasteiger partial charge in [0, 0.05) is 6.20 Å². The Morgan fingerprint density at radius 2 is 2.25 bits per heavy atom. The number of alkyl halides is 1. The summed E-state index contributed by atoms with van der Waals surface area (Å²) in [5.74, 6) is 1.31. The van der Waals surface area contributed by atoms with Gasteiger partial charge in [-0.25, -0.2) is 0 Å². The summed E-state index contributed by atoms with van der Waals surface area (Å²) in [6, 6.07) is 4.13. The van der Waals surface area contributed by atoms with Gasteiger partial charge in [0.2, 0.25) is 0 Å². The minimum Gasteiger partial charge on any atom is -0.260 e. The number of hydrogen-bond acceptors (Lipinski definition) is 1. The van der Waals surface area contributed by atoms with Gasteiger partial charge >= 0.3 is 0 Å². The lowest BCUT2D eigenvalue weighted by atomic mass is 10.1. The predicted molar refractivity (Wildman–Crippen MR) is 53.0 cm³/mol. The Kier molecular flexibility index (Phi) is 3.36. The van der Waals surface area contributed by atoms with Gasteiger partial charge < -0.3 is 0 Å². The molecule has 1 saturated carbocycles. The smallest absolute Gasteiger partial charge is 0.0650 e. The van der Waals surface area contributed by atoms with Gasteiger partial charge in [-0.15, -0.1) is 24.0 Å². The minimum absolute atomic E-state index is 0. The zero-order valence-electron chi connectivity index (χ0n) is 6.66. The average Bonchev–Trinajstić information content (AvgIpc) is 2.87. The highest BCUT2D eigenvalue weighted by Crippen LogP contribution is 2.41. The van der Waals surface area contributed by atoms with Crippen LogP contribution in [0.2, 0.25) is 0 Å². The minimum atomic E-state index is 0. The van der Waals surface area contributed by atoms with Crippen LogP contribution < -0.4 is 0 Å². The van der Waals surface area contributed by atoms with Crippen LogP contribution in [0.3, 0.4) is 0 Å². The molecule has 3 heteroatoms. The Morgan fingerprint density at radius 3 is 2.83 bits per heavy atom. The van der Waals surface area contributed by atoms with Gasteiger partial charge in [0.1, 0.15) is 0 Å². The lowest BCUT2D eigenvalue weighted by Gasteiger charge is -2.01. The maximum atomic E-state index is 5.74. The van der Waals surface area contributed by atoms with Gasteiger partial charge in [-0.1, -0.05) is 6.07 Å². The van der Waals surface area contributed by atoms with Crippen LogP contribution in [0.25, 0.3) is 0 Å². The van der Waals surface area contributed by atoms with Crippen molar-refractivity contribution >= 4 is 24.0 Å². The highest BCUT2D eigenvalue weighted by Gasteiger charge is 2.25. The molecule has 0 aromatic carbocycles. The second-order valence-electron chi connectivity index (χ2n) is 2.95. The molecule has 66 valence electrons. The molecule has 12 heavy (non-hydrogen) atoms. The molecule has 1 aliphatic carbocycles. The summed E-state index contributed by atoms with van der Waals surface area (Å²) in [4.78, 5) is 4.23. The maximum Gasteiger partial charge on any atom is 0.0650 e. The molecule has 1 heterocycles. The fourth-order valence-electron chi connectivity index (χ4n) is 1.33. The molecule has 0 unspecified atom stereocenters. The summed E-state index contributed by atoms with van der Waals surface area (Å²) in [5, 5.41) is 0. The number of pyridine rings is 1. The number of aromatic nitrogens is 1. The van der Waals surface area contributed by atoms with Crippen LogP contribution in [0.5, 0.6) is 0 Å². The van der Waals surface area contributed by atoms with Crippen LogP contribution in [-0.4, -0.2) is 4.98 Å². The largest absolute Gasteiger partial charge is 0.260 e. The lowest BCUT2D eigenvalue weighted by molar-refractivity contribution is 1.02. The molecule has 0 atom stereocenters. The first-order chi connectivity index (χ1) is 5.42. The first kappa shape index (κ1) is 9.82. The highest BCUT2D eigenvalue weighted by atomic mass is 35.5. The van der Waals surface area contributed by atoms with Crippen molar-refractivity contribution in [2.45, 2.75) is 24.6 Å². The summed E-state index contributed by atoms with van der Waals surface area (Å²) in [6.07, 6.45) is 4.44. The fourth-order valence-corrected chi connectivity index (χ4v) is 1.55. The van der Waals surface area contributed by atoms with E-state index >= 15 is 0 Å². The van der Waals surface area contributed by atoms with E-state index in [1.54, 1.807) is 0 Å². The van der Waals surface area contributed by atoms with E-state index in [0.717, 1.165) is 11.6 Å². The highest BCUT2D eigenvalue weighted by molar-refractivity contribution is 6.17. The van der Waals surface area contributed by atoms with Crippen molar-refractivity contribution in [2.75, 3.05) is 0 Å². The van der Waals surface area contributed by atoms with Gasteiger partial charge in [-0.3, -0.25) is 4.98 Å². The van der Waals surface area contributed by atoms with Crippen molar-refractivity contribution in [3.63, 3.8) is 0 Å². The summed E-state index contributed by atoms with van der Waals surface area (Å²) in [5.41, 5.74) is 2.43. The van der Waals surface area contributed by atoms with Crippen LogP contribution in [0.4, 0.5) is 0 Å². The van der Waals surface area contributed by atoms with E-state index in [4.69, 9.17) is 11.6 Å². The zero-order chi connectivity index (χ0) is 7.68. The van der Waals surface area contributed by atoms with Crippen molar-refractivity contribution in [1.82, 2.24) is 4.98 Å². The predicted octanol–water partition coefficient (Wildman–Crippen LogP) is 3.12. The van der Waals surface area contributed by atoms with Gasteiger partial charge in [0.15, 0.2) is 0 Å². The van der Waals surface area contributed by atoms with Gasteiger partial charge in [0.25, 0.3) is 0 Å². The molecule has 0 N–H and O–H groups in total. The lowest BCUT2D eigenvalue weighted by Crippen LogP contribution is -1.91. The average molecular weight is 204 g/mol. The van der Waals surface area contributed by atoms with Crippen LogP contribution >= 0.6 is 24.0 Å². The first-order valence-electron chi connectivity index (χ1n) is 3.91. The molecule has 0 radical (unpaired) electrons. The van der Waals surface area contributed by atoms with E-state index in [-0.39, 0.29) is 12.4 Å². The molecule has 1 aliphatic rings. The molecule has 1 nitrogen and oxygen atoms in total. The van der Waals surface area contributed by atoms with Gasteiger partial charge in [-0.2, -0.15) is 0 Å². The van der Waals surface area contributed by atoms with Crippen molar-refractivity contribution in [3.8, 4) is 0 Å². The van der Waals surface area contributed by atoms with E-state index < -0.39 is 0 Å². The van der Waals surface area contributed by atoms with E-state index in [1.165, 1.54) is 18.4 Å². The van der Waals surface area contributed by atoms with Crippen molar-refractivity contribution in [2.24, 2.45) is 0 Å².